The smallest absolute Gasteiger partial charge is 0.217 e. The van der Waals surface area contributed by atoms with Gasteiger partial charge in [0.15, 0.2) is 10.9 Å². The molecule has 0 amide bonds. The maximum Gasteiger partial charge on any atom is 0.217 e. The van der Waals surface area contributed by atoms with Crippen molar-refractivity contribution in [3.63, 3.8) is 0 Å². The summed E-state index contributed by atoms with van der Waals surface area (Å²) in [5, 5.41) is 13.0. The number of benzene rings is 1. The number of pyridine rings is 1. The summed E-state index contributed by atoms with van der Waals surface area (Å²) >= 11 is 1.33. The molecule has 136 valence electrons. The third-order valence-electron chi connectivity index (χ3n) is 3.58. The highest BCUT2D eigenvalue weighted by Crippen LogP contribution is 2.17. The van der Waals surface area contributed by atoms with Gasteiger partial charge in [-0.15, -0.1) is 0 Å². The van der Waals surface area contributed by atoms with E-state index >= 15 is 0 Å². The summed E-state index contributed by atoms with van der Waals surface area (Å²) in [6.45, 7) is 0.280. The zero-order valence-electron chi connectivity index (χ0n) is 14.4. The van der Waals surface area contributed by atoms with Crippen LogP contribution in [0.3, 0.4) is 0 Å². The van der Waals surface area contributed by atoms with Crippen LogP contribution in [0.25, 0.3) is 0 Å². The SMILES string of the molecule is CSc1nccc(C(=NO)C(=O)c2cccc(OCc3ccccn3)c2)n1. The van der Waals surface area contributed by atoms with E-state index in [1.807, 2.05) is 24.5 Å². The summed E-state index contributed by atoms with van der Waals surface area (Å²) in [6, 6.07) is 13.7. The van der Waals surface area contributed by atoms with Gasteiger partial charge in [0.1, 0.15) is 18.1 Å². The fourth-order valence-electron chi connectivity index (χ4n) is 2.29. The number of nitrogens with zero attached hydrogens (tertiary/aromatic N) is 4. The van der Waals surface area contributed by atoms with Crippen molar-refractivity contribution in [1.29, 1.82) is 0 Å². The largest absolute Gasteiger partial charge is 0.487 e. The molecule has 27 heavy (non-hydrogen) atoms. The number of Topliss-reactive ketones (excluding diaryl/α,β-unsaturated/α-hetero) is 1. The lowest BCUT2D eigenvalue weighted by molar-refractivity contribution is 0.106. The highest BCUT2D eigenvalue weighted by Gasteiger charge is 2.19. The lowest BCUT2D eigenvalue weighted by atomic mass is 10.0. The van der Waals surface area contributed by atoms with Gasteiger partial charge in [0.25, 0.3) is 0 Å². The molecule has 0 atom stereocenters. The third-order valence-corrected chi connectivity index (χ3v) is 4.14. The number of carbonyl (C=O) groups is 1. The first-order valence-electron chi connectivity index (χ1n) is 7.98. The monoisotopic (exact) mass is 380 g/mol. The van der Waals surface area contributed by atoms with Crippen molar-refractivity contribution < 1.29 is 14.7 Å². The number of ether oxygens (including phenoxy) is 1. The molecule has 0 aliphatic rings. The minimum Gasteiger partial charge on any atom is -0.487 e. The minimum atomic E-state index is -0.466. The van der Waals surface area contributed by atoms with E-state index < -0.39 is 5.78 Å². The Hall–Kier alpha value is -3.26. The molecule has 0 radical (unpaired) electrons. The molecule has 0 aliphatic carbocycles. The molecule has 0 aliphatic heterocycles. The zero-order valence-corrected chi connectivity index (χ0v) is 15.3. The predicted molar refractivity (Wildman–Crippen MR) is 101 cm³/mol. The Morgan fingerprint density at radius 1 is 1.15 bits per heavy atom. The number of rotatable bonds is 7. The predicted octanol–water partition coefficient (Wildman–Crippen LogP) is 3.23. The van der Waals surface area contributed by atoms with Crippen LogP contribution in [0.1, 0.15) is 21.7 Å². The van der Waals surface area contributed by atoms with Gasteiger partial charge in [-0.2, -0.15) is 0 Å². The van der Waals surface area contributed by atoms with E-state index in [0.29, 0.717) is 16.5 Å². The molecule has 0 unspecified atom stereocenters. The quantitative estimate of drug-likeness (QED) is 0.168. The summed E-state index contributed by atoms with van der Waals surface area (Å²) in [5.74, 6) is 0.0443. The highest BCUT2D eigenvalue weighted by atomic mass is 32.2. The number of hydrogen-bond acceptors (Lipinski definition) is 8. The number of ketones is 1. The van der Waals surface area contributed by atoms with Gasteiger partial charge < -0.3 is 9.94 Å². The third kappa shape index (κ3) is 4.68. The molecule has 0 saturated heterocycles. The van der Waals surface area contributed by atoms with E-state index in [-0.39, 0.29) is 18.0 Å². The summed E-state index contributed by atoms with van der Waals surface area (Å²) in [7, 11) is 0. The number of oxime groups is 1. The minimum absolute atomic E-state index is 0.158. The standard InChI is InChI=1S/C19H16N4O3S/c1-27-19-21-10-8-16(22-19)17(23-25)18(24)13-5-4-7-15(11-13)26-12-14-6-2-3-9-20-14/h2-11,25H,12H2,1H3. The Morgan fingerprint density at radius 3 is 2.78 bits per heavy atom. The number of carbonyl (C=O) groups excluding carboxylic acids is 1. The van der Waals surface area contributed by atoms with Crippen molar-refractivity contribution in [3.8, 4) is 5.75 Å². The first-order valence-corrected chi connectivity index (χ1v) is 9.20. The summed E-state index contributed by atoms with van der Waals surface area (Å²) in [5.41, 5.74) is 1.19. The van der Waals surface area contributed by atoms with Gasteiger partial charge in [-0.05, 0) is 36.6 Å². The molecule has 0 bridgehead atoms. The van der Waals surface area contributed by atoms with E-state index in [1.54, 1.807) is 30.5 Å². The summed E-state index contributed by atoms with van der Waals surface area (Å²) in [6.07, 6.45) is 5.02. The molecule has 3 rings (SSSR count). The van der Waals surface area contributed by atoms with Gasteiger partial charge >= 0.3 is 0 Å². The second kappa shape index (κ2) is 8.91. The van der Waals surface area contributed by atoms with Crippen LogP contribution in [0.4, 0.5) is 0 Å². The number of thioether (sulfide) groups is 1. The molecule has 2 heterocycles. The van der Waals surface area contributed by atoms with Gasteiger partial charge in [-0.25, -0.2) is 9.97 Å². The van der Waals surface area contributed by atoms with Crippen LogP contribution < -0.4 is 4.74 Å². The van der Waals surface area contributed by atoms with Crippen LogP contribution in [-0.2, 0) is 6.61 Å². The Morgan fingerprint density at radius 2 is 2.04 bits per heavy atom. The van der Waals surface area contributed by atoms with Crippen LogP contribution >= 0.6 is 11.8 Å². The average molecular weight is 380 g/mol. The normalized spacial score (nSPS) is 11.2. The molecule has 1 N–H and O–H groups in total. The fraction of sp³-hybridized carbons (Fsp3) is 0.105. The van der Waals surface area contributed by atoms with E-state index in [4.69, 9.17) is 4.74 Å². The van der Waals surface area contributed by atoms with E-state index in [0.717, 1.165) is 5.69 Å². The topological polar surface area (TPSA) is 97.6 Å². The Kier molecular flexibility index (Phi) is 6.11. The molecule has 7 nitrogen and oxygen atoms in total. The maximum absolute atomic E-state index is 12.8. The summed E-state index contributed by atoms with van der Waals surface area (Å²) in [4.78, 5) is 25.2. The van der Waals surface area contributed by atoms with Crippen molar-refractivity contribution in [2.24, 2.45) is 5.16 Å². The highest BCUT2D eigenvalue weighted by molar-refractivity contribution is 7.98. The van der Waals surface area contributed by atoms with Crippen LogP contribution in [-0.4, -0.2) is 37.9 Å². The Bertz CT molecular complexity index is 964. The first kappa shape index (κ1) is 18.5. The number of aromatic nitrogens is 3. The molecule has 3 aromatic rings. The van der Waals surface area contributed by atoms with E-state index in [2.05, 4.69) is 20.1 Å². The maximum atomic E-state index is 12.8. The molecule has 1 aromatic carbocycles. The van der Waals surface area contributed by atoms with Crippen LogP contribution in [0.2, 0.25) is 0 Å². The molecule has 0 spiro atoms. The molecular weight excluding hydrogens is 364 g/mol. The number of hydrogen-bond donors (Lipinski definition) is 1. The lowest BCUT2D eigenvalue weighted by Gasteiger charge is -2.08. The van der Waals surface area contributed by atoms with E-state index in [1.165, 1.54) is 24.0 Å². The molecule has 8 heteroatoms. The summed E-state index contributed by atoms with van der Waals surface area (Å²) < 4.78 is 5.69. The average Bonchev–Trinajstić information content (AvgIpc) is 2.74. The van der Waals surface area contributed by atoms with Crippen molar-refractivity contribution in [2.45, 2.75) is 11.8 Å². The van der Waals surface area contributed by atoms with Gasteiger partial charge in [-0.3, -0.25) is 9.78 Å². The van der Waals surface area contributed by atoms with Crippen molar-refractivity contribution in [3.05, 3.63) is 77.9 Å². The van der Waals surface area contributed by atoms with Crippen molar-refractivity contribution >= 4 is 23.3 Å². The van der Waals surface area contributed by atoms with Gasteiger partial charge in [0, 0.05) is 18.0 Å². The van der Waals surface area contributed by atoms with Crippen molar-refractivity contribution in [1.82, 2.24) is 15.0 Å². The van der Waals surface area contributed by atoms with Crippen LogP contribution in [0, 0.1) is 0 Å². The molecule has 0 fully saturated rings. The van der Waals surface area contributed by atoms with Crippen LogP contribution in [0.15, 0.2) is 71.2 Å². The van der Waals surface area contributed by atoms with Crippen molar-refractivity contribution in [2.75, 3.05) is 6.26 Å². The van der Waals surface area contributed by atoms with Gasteiger partial charge in [-0.1, -0.05) is 35.1 Å². The molecule has 2 aromatic heterocycles. The van der Waals surface area contributed by atoms with Gasteiger partial charge in [0.05, 0.1) is 5.69 Å². The van der Waals surface area contributed by atoms with Gasteiger partial charge in [0.2, 0.25) is 5.78 Å². The zero-order chi connectivity index (χ0) is 19.1. The van der Waals surface area contributed by atoms with Crippen LogP contribution in [0.5, 0.6) is 5.75 Å². The Balaban J connectivity index is 1.79. The first-order chi connectivity index (χ1) is 13.2. The Labute approximate surface area is 160 Å². The lowest BCUT2D eigenvalue weighted by Crippen LogP contribution is -2.18. The second-order valence-corrected chi connectivity index (χ2v) is 6.12. The second-order valence-electron chi connectivity index (χ2n) is 5.34. The fourth-order valence-corrected chi connectivity index (χ4v) is 2.64. The molecular formula is C19H16N4O3S. The van der Waals surface area contributed by atoms with E-state index in [9.17, 15) is 10.0 Å². The molecule has 0 saturated carbocycles.